The first kappa shape index (κ1) is 26.0. The lowest BCUT2D eigenvalue weighted by molar-refractivity contribution is -0.154. The van der Waals surface area contributed by atoms with Crippen LogP contribution in [0.15, 0.2) is 42.5 Å². The number of rotatable bonds is 5. The third-order valence-electron chi connectivity index (χ3n) is 6.22. The van der Waals surface area contributed by atoms with Crippen molar-refractivity contribution in [1.29, 1.82) is 0 Å². The van der Waals surface area contributed by atoms with E-state index >= 15 is 0 Å². The molecular formula is C22H14B4ClF2N3O4. The summed E-state index contributed by atoms with van der Waals surface area (Å²) in [5.74, 6) is -9.14. The van der Waals surface area contributed by atoms with Gasteiger partial charge in [-0.1, -0.05) is 35.9 Å². The highest BCUT2D eigenvalue weighted by Gasteiger charge is 2.51. The summed E-state index contributed by atoms with van der Waals surface area (Å²) in [6.45, 7) is -0.537. The van der Waals surface area contributed by atoms with Gasteiger partial charge in [-0.15, -0.1) is 0 Å². The van der Waals surface area contributed by atoms with Crippen molar-refractivity contribution < 1.29 is 28.0 Å². The van der Waals surface area contributed by atoms with E-state index in [2.05, 4.69) is 0 Å². The second-order valence-corrected chi connectivity index (χ2v) is 9.08. The molecule has 2 aliphatic heterocycles. The Morgan fingerprint density at radius 1 is 1.17 bits per heavy atom. The number of halogens is 3. The molecule has 2 aliphatic rings. The maximum atomic E-state index is 14.7. The second-order valence-electron chi connectivity index (χ2n) is 8.65. The van der Waals surface area contributed by atoms with E-state index in [0.29, 0.717) is 20.7 Å². The minimum absolute atomic E-state index is 0.140. The molecule has 4 rings (SSSR count). The molecule has 14 heteroatoms. The molecule has 0 spiro atoms. The summed E-state index contributed by atoms with van der Waals surface area (Å²) in [5, 5.41) is 0.232. The monoisotopic (exact) mass is 501 g/mol. The van der Waals surface area contributed by atoms with E-state index in [9.17, 15) is 28.0 Å². The highest BCUT2D eigenvalue weighted by molar-refractivity contribution is 6.42. The third kappa shape index (κ3) is 4.23. The molecule has 0 N–H and O–H groups in total. The molecule has 1 saturated heterocycles. The lowest BCUT2D eigenvalue weighted by atomic mass is 9.61. The third-order valence-corrected chi connectivity index (χ3v) is 6.47. The molecule has 2 aromatic rings. The van der Waals surface area contributed by atoms with E-state index < -0.39 is 52.9 Å². The molecular weight excluding hydrogens is 487 g/mol. The van der Waals surface area contributed by atoms with Gasteiger partial charge in [-0.2, -0.15) is 8.78 Å². The second kappa shape index (κ2) is 9.10. The lowest BCUT2D eigenvalue weighted by Gasteiger charge is -2.46. The van der Waals surface area contributed by atoms with E-state index in [0.717, 1.165) is 17.0 Å². The van der Waals surface area contributed by atoms with Gasteiger partial charge in [0.25, 0.3) is 11.8 Å². The highest BCUT2D eigenvalue weighted by atomic mass is 35.5. The Hall–Kier alpha value is -3.07. The topological polar surface area (TPSA) is 78.0 Å². The van der Waals surface area contributed by atoms with E-state index in [4.69, 9.17) is 43.3 Å². The normalized spacial score (nSPS) is 22.1. The predicted molar refractivity (Wildman–Crippen MR) is 128 cm³/mol. The molecule has 8 radical (unpaired) electrons. The van der Waals surface area contributed by atoms with Crippen molar-refractivity contribution >= 4 is 66.9 Å². The molecule has 2 atom stereocenters. The van der Waals surface area contributed by atoms with Crippen LogP contribution in [-0.2, 0) is 33.4 Å². The number of carbonyl (C=O) groups excluding carboxylic acids is 4. The first-order valence-electron chi connectivity index (χ1n) is 10.6. The van der Waals surface area contributed by atoms with Crippen molar-refractivity contribution in [3.63, 3.8) is 0 Å². The van der Waals surface area contributed by atoms with Gasteiger partial charge in [-0.25, -0.2) is 0 Å². The van der Waals surface area contributed by atoms with Gasteiger partial charge in [0.15, 0.2) is 0 Å². The van der Waals surface area contributed by atoms with Crippen LogP contribution in [0.5, 0.6) is 0 Å². The smallest absolute Gasteiger partial charge is 0.348 e. The summed E-state index contributed by atoms with van der Waals surface area (Å²) in [4.78, 5) is 51.7. The van der Waals surface area contributed by atoms with Gasteiger partial charge in [0.2, 0.25) is 27.8 Å². The first-order valence-corrected chi connectivity index (χ1v) is 11.0. The van der Waals surface area contributed by atoms with Gasteiger partial charge in [0.05, 0.1) is 13.3 Å². The van der Waals surface area contributed by atoms with Gasteiger partial charge < -0.3 is 14.5 Å². The van der Waals surface area contributed by atoms with Gasteiger partial charge >= 0.3 is 5.92 Å². The van der Waals surface area contributed by atoms with Crippen LogP contribution in [0.1, 0.15) is 33.5 Å². The molecule has 2 aromatic carbocycles. The van der Waals surface area contributed by atoms with Crippen LogP contribution >= 0.6 is 11.6 Å². The average molecular weight is 501 g/mol. The Bertz CT molecular complexity index is 1280. The predicted octanol–water partition coefficient (Wildman–Crippen LogP) is 1.16. The number of nitrogens with zero attached hydrogens (tertiary/aromatic N) is 3. The number of piperidine rings is 1. The van der Waals surface area contributed by atoms with Crippen LogP contribution < -0.4 is 0 Å². The molecule has 1 fully saturated rings. The number of imide groups is 1. The van der Waals surface area contributed by atoms with Crippen LogP contribution in [0.4, 0.5) is 8.78 Å². The zero-order chi connectivity index (χ0) is 26.6. The minimum Gasteiger partial charge on any atom is -0.387 e. The Balaban J connectivity index is 1.53. The Morgan fingerprint density at radius 3 is 2.44 bits per heavy atom. The van der Waals surface area contributed by atoms with Crippen molar-refractivity contribution in [3.05, 3.63) is 69.7 Å². The van der Waals surface area contributed by atoms with E-state index in [1.807, 2.05) is 0 Å². The molecule has 2 heterocycles. The fourth-order valence-electron chi connectivity index (χ4n) is 4.25. The molecule has 7 nitrogen and oxygen atoms in total. The zero-order valence-corrected chi connectivity index (χ0v) is 19.4. The highest BCUT2D eigenvalue weighted by Crippen LogP contribution is 2.37. The fraction of sp³-hybridized carbons (Fsp3) is 0.273. The van der Waals surface area contributed by atoms with Crippen molar-refractivity contribution in [2.75, 3.05) is 0 Å². The molecule has 174 valence electrons. The first-order chi connectivity index (χ1) is 16.8. The molecule has 0 aliphatic carbocycles. The number of alkyl halides is 2. The van der Waals surface area contributed by atoms with Gasteiger partial charge in [-0.05, 0) is 35.7 Å². The number of hydrogen-bond acceptors (Lipinski definition) is 4. The van der Waals surface area contributed by atoms with Gasteiger partial charge in [0.1, 0.15) is 7.85 Å². The quantitative estimate of drug-likeness (QED) is 0.456. The molecule has 0 bridgehead atoms. The number of fused-ring (bicyclic) bond motifs is 1. The average Bonchev–Trinajstić information content (AvgIpc) is 3.17. The minimum atomic E-state index is -3.90. The summed E-state index contributed by atoms with van der Waals surface area (Å²) in [7, 11) is 23.2. The Morgan fingerprint density at radius 2 is 1.81 bits per heavy atom. The number of amides is 4. The molecule has 0 saturated carbocycles. The van der Waals surface area contributed by atoms with Crippen molar-refractivity contribution in [3.8, 4) is 0 Å². The maximum Gasteiger partial charge on any atom is 0.348 e. The van der Waals surface area contributed by atoms with E-state index in [1.165, 1.54) is 30.3 Å². The summed E-state index contributed by atoms with van der Waals surface area (Å²) in [6, 6.07) is 8.85. The SMILES string of the molecule is [B]C1C[C@]([B])(N2Cc3cc(CN([B])C(=O)C(F)(F)c4ccc(Cl)cc4)ccc3C2=O)C(=O)N([B])C1=O. The van der Waals surface area contributed by atoms with Crippen molar-refractivity contribution in [1.82, 2.24) is 14.5 Å². The van der Waals surface area contributed by atoms with Gasteiger partial charge in [0, 0.05) is 35.1 Å². The number of hydrogen-bond donors (Lipinski definition) is 0. The van der Waals surface area contributed by atoms with Crippen LogP contribution in [0.25, 0.3) is 0 Å². The Kier molecular flexibility index (Phi) is 6.58. The molecule has 36 heavy (non-hydrogen) atoms. The molecule has 1 unspecified atom stereocenters. The fourth-order valence-corrected chi connectivity index (χ4v) is 4.38. The zero-order valence-electron chi connectivity index (χ0n) is 18.7. The standard InChI is InChI=1S/C22H14B4ClF2N3O4/c23-16-8-21(24,19(35)32(26)18(16)34)30-10-12-7-11(1-6-15(12)17(30)33)9-31(25)20(36)22(28,29)13-2-4-14(27)5-3-13/h1-7,16H,8-10H2/t16?,21-/m0/s1. The van der Waals surface area contributed by atoms with Crippen molar-refractivity contribution in [2.45, 2.75) is 36.7 Å². The number of benzene rings is 2. The summed E-state index contributed by atoms with van der Waals surface area (Å²) < 4.78 is 29.3. The van der Waals surface area contributed by atoms with E-state index in [-0.39, 0.29) is 23.6 Å². The summed E-state index contributed by atoms with van der Waals surface area (Å²) >= 11 is 5.72. The van der Waals surface area contributed by atoms with Crippen LogP contribution in [-0.4, -0.2) is 75.2 Å². The Labute approximate surface area is 215 Å². The van der Waals surface area contributed by atoms with Crippen LogP contribution in [0.3, 0.4) is 0 Å². The molecule has 4 amide bonds. The van der Waals surface area contributed by atoms with Gasteiger partial charge in [-0.3, -0.25) is 19.2 Å². The summed E-state index contributed by atoms with van der Waals surface area (Å²) in [6.07, 6.45) is -0.337. The largest absolute Gasteiger partial charge is 0.387 e. The number of carbonyl (C=O) groups is 4. The summed E-state index contributed by atoms with van der Waals surface area (Å²) in [5.41, 5.74) is -1.58. The molecule has 0 aromatic heterocycles. The lowest BCUT2D eigenvalue weighted by Crippen LogP contribution is -2.65. The van der Waals surface area contributed by atoms with Crippen LogP contribution in [0, 0.1) is 0 Å². The van der Waals surface area contributed by atoms with Crippen LogP contribution in [0.2, 0.25) is 10.8 Å². The van der Waals surface area contributed by atoms with E-state index in [1.54, 1.807) is 0 Å². The maximum absolute atomic E-state index is 14.7. The van der Waals surface area contributed by atoms with Crippen molar-refractivity contribution in [2.24, 2.45) is 0 Å².